The van der Waals surface area contributed by atoms with Gasteiger partial charge in [-0.1, -0.05) is 0 Å². The molecule has 1 saturated carbocycles. The van der Waals surface area contributed by atoms with Crippen LogP contribution in [0.3, 0.4) is 0 Å². The summed E-state index contributed by atoms with van der Waals surface area (Å²) in [7, 11) is 0. The van der Waals surface area contributed by atoms with Gasteiger partial charge in [-0.2, -0.15) is 0 Å². The van der Waals surface area contributed by atoms with E-state index in [-0.39, 0.29) is 6.09 Å². The Morgan fingerprint density at radius 3 is 2.79 bits per heavy atom. The van der Waals surface area contributed by atoms with Gasteiger partial charge < -0.3 is 14.4 Å². The van der Waals surface area contributed by atoms with Gasteiger partial charge in [0, 0.05) is 13.1 Å². The van der Waals surface area contributed by atoms with Gasteiger partial charge >= 0.3 is 6.09 Å². The fourth-order valence-corrected chi connectivity index (χ4v) is 3.65. The summed E-state index contributed by atoms with van der Waals surface area (Å²) >= 11 is 0. The van der Waals surface area contributed by atoms with Crippen LogP contribution in [0.25, 0.3) is 0 Å². The zero-order chi connectivity index (χ0) is 13.7. The Labute approximate surface area is 115 Å². The summed E-state index contributed by atoms with van der Waals surface area (Å²) in [6.45, 7) is 7.47. The molecule has 2 saturated heterocycles. The van der Waals surface area contributed by atoms with E-state index in [1.165, 1.54) is 19.3 Å². The number of nitrogens with zero attached hydrogens (tertiary/aromatic N) is 1. The van der Waals surface area contributed by atoms with Gasteiger partial charge in [0.1, 0.15) is 5.60 Å². The lowest BCUT2D eigenvalue weighted by molar-refractivity contribution is -0.00183. The lowest BCUT2D eigenvalue weighted by atomic mass is 9.69. The maximum atomic E-state index is 12.2. The van der Waals surface area contributed by atoms with Crippen molar-refractivity contribution >= 4 is 6.09 Å². The molecule has 2 aliphatic heterocycles. The van der Waals surface area contributed by atoms with E-state index in [9.17, 15) is 4.79 Å². The monoisotopic (exact) mass is 267 g/mol. The first-order chi connectivity index (χ1) is 8.87. The van der Waals surface area contributed by atoms with Crippen LogP contribution in [0.15, 0.2) is 0 Å². The van der Waals surface area contributed by atoms with Gasteiger partial charge in [0.15, 0.2) is 0 Å². The van der Waals surface area contributed by atoms with Gasteiger partial charge in [-0.25, -0.2) is 4.79 Å². The number of amides is 1. The highest BCUT2D eigenvalue weighted by Crippen LogP contribution is 2.50. The molecule has 19 heavy (non-hydrogen) atoms. The van der Waals surface area contributed by atoms with Crippen LogP contribution in [0.2, 0.25) is 0 Å². The fraction of sp³-hybridized carbons (Fsp3) is 0.933. The van der Waals surface area contributed by atoms with Crippen LogP contribution in [0, 0.1) is 5.41 Å². The number of carbonyl (C=O) groups excluding carboxylic acids is 1. The average molecular weight is 267 g/mol. The first-order valence-corrected chi connectivity index (χ1v) is 7.50. The molecule has 1 spiro atoms. The summed E-state index contributed by atoms with van der Waals surface area (Å²) in [6.07, 6.45) is 6.70. The maximum Gasteiger partial charge on any atom is 0.410 e. The van der Waals surface area contributed by atoms with Crippen molar-refractivity contribution in [3.05, 3.63) is 0 Å². The molecule has 0 aromatic carbocycles. The van der Waals surface area contributed by atoms with Crippen LogP contribution >= 0.6 is 0 Å². The predicted octanol–water partition coefficient (Wildman–Crippen LogP) is 2.96. The van der Waals surface area contributed by atoms with E-state index in [1.54, 1.807) is 0 Å². The van der Waals surface area contributed by atoms with Gasteiger partial charge in [-0.05, 0) is 58.3 Å². The quantitative estimate of drug-likeness (QED) is 0.634. The van der Waals surface area contributed by atoms with E-state index >= 15 is 0 Å². The SMILES string of the molecule is CC(C)(C)OC(=O)N1CCCC2(CCC3OC3C2)C1. The van der Waals surface area contributed by atoms with E-state index in [4.69, 9.17) is 9.47 Å². The van der Waals surface area contributed by atoms with Crippen LogP contribution in [-0.2, 0) is 9.47 Å². The average Bonchev–Trinajstić information content (AvgIpc) is 3.05. The first-order valence-electron chi connectivity index (χ1n) is 7.50. The molecule has 4 nitrogen and oxygen atoms in total. The van der Waals surface area contributed by atoms with E-state index in [0.717, 1.165) is 25.9 Å². The molecule has 3 atom stereocenters. The number of fused-ring (bicyclic) bond motifs is 1. The molecule has 0 aromatic heterocycles. The van der Waals surface area contributed by atoms with Crippen LogP contribution in [0.4, 0.5) is 4.79 Å². The lowest BCUT2D eigenvalue weighted by Crippen LogP contribution is -2.49. The predicted molar refractivity (Wildman–Crippen MR) is 72.0 cm³/mol. The zero-order valence-corrected chi connectivity index (χ0v) is 12.3. The Balaban J connectivity index is 1.62. The van der Waals surface area contributed by atoms with Gasteiger partial charge in [0.2, 0.25) is 0 Å². The summed E-state index contributed by atoms with van der Waals surface area (Å²) < 4.78 is 11.2. The number of epoxide rings is 1. The van der Waals surface area contributed by atoms with Crippen LogP contribution in [0.1, 0.15) is 52.9 Å². The van der Waals surface area contributed by atoms with Gasteiger partial charge in [0.05, 0.1) is 12.2 Å². The molecule has 3 unspecified atom stereocenters. The maximum absolute atomic E-state index is 12.2. The van der Waals surface area contributed by atoms with Crippen LogP contribution < -0.4 is 0 Å². The van der Waals surface area contributed by atoms with E-state index in [1.807, 2.05) is 25.7 Å². The molecule has 1 aliphatic carbocycles. The molecule has 0 aromatic rings. The lowest BCUT2D eigenvalue weighted by Gasteiger charge is -2.44. The molecule has 0 radical (unpaired) electrons. The molecule has 108 valence electrons. The number of likely N-dealkylation sites (tertiary alicyclic amines) is 1. The van der Waals surface area contributed by atoms with Gasteiger partial charge in [0.25, 0.3) is 0 Å². The number of piperidine rings is 1. The number of ether oxygens (including phenoxy) is 2. The van der Waals surface area contributed by atoms with Crippen molar-refractivity contribution in [1.82, 2.24) is 4.90 Å². The third-order valence-corrected chi connectivity index (χ3v) is 4.59. The smallest absolute Gasteiger partial charge is 0.410 e. The number of rotatable bonds is 0. The Morgan fingerprint density at radius 2 is 2.11 bits per heavy atom. The molecule has 2 heterocycles. The van der Waals surface area contributed by atoms with Gasteiger partial charge in [-0.3, -0.25) is 0 Å². The Kier molecular flexibility index (Phi) is 3.04. The topological polar surface area (TPSA) is 42.1 Å². The number of hydrogen-bond donors (Lipinski definition) is 0. The second-order valence-corrected chi connectivity index (χ2v) is 7.46. The van der Waals surface area contributed by atoms with Crippen molar-refractivity contribution in [2.24, 2.45) is 5.41 Å². The third-order valence-electron chi connectivity index (χ3n) is 4.59. The van der Waals surface area contributed by atoms with Crippen molar-refractivity contribution < 1.29 is 14.3 Å². The third kappa shape index (κ3) is 2.88. The van der Waals surface area contributed by atoms with Crippen molar-refractivity contribution in [3.8, 4) is 0 Å². The van der Waals surface area contributed by atoms with Gasteiger partial charge in [-0.15, -0.1) is 0 Å². The zero-order valence-electron chi connectivity index (χ0n) is 12.3. The molecular weight excluding hydrogens is 242 g/mol. The first kappa shape index (κ1) is 13.2. The van der Waals surface area contributed by atoms with Crippen LogP contribution in [-0.4, -0.2) is 41.9 Å². The molecule has 3 fully saturated rings. The summed E-state index contributed by atoms with van der Waals surface area (Å²) in [5, 5.41) is 0. The Morgan fingerprint density at radius 1 is 1.32 bits per heavy atom. The van der Waals surface area contributed by atoms with Crippen LogP contribution in [0.5, 0.6) is 0 Å². The minimum absolute atomic E-state index is 0.148. The van der Waals surface area contributed by atoms with Crippen molar-refractivity contribution in [2.75, 3.05) is 13.1 Å². The second-order valence-electron chi connectivity index (χ2n) is 7.46. The Hall–Kier alpha value is -0.770. The molecule has 4 heteroatoms. The van der Waals surface area contributed by atoms with Crippen molar-refractivity contribution in [2.45, 2.75) is 70.7 Å². The summed E-state index contributed by atoms with van der Waals surface area (Å²) in [4.78, 5) is 14.1. The normalized spacial score (nSPS) is 37.9. The Bertz CT molecular complexity index is 376. The number of hydrogen-bond acceptors (Lipinski definition) is 3. The highest BCUT2D eigenvalue weighted by Gasteiger charge is 2.52. The summed E-state index contributed by atoms with van der Waals surface area (Å²) in [6, 6.07) is 0. The van der Waals surface area contributed by atoms with E-state index < -0.39 is 5.60 Å². The number of carbonyl (C=O) groups is 1. The minimum Gasteiger partial charge on any atom is -0.444 e. The van der Waals surface area contributed by atoms with Crippen molar-refractivity contribution in [1.29, 1.82) is 0 Å². The largest absolute Gasteiger partial charge is 0.444 e. The standard InChI is InChI=1S/C15H25NO3/c1-14(2,3)19-13(17)16-8-4-6-15(10-16)7-5-11-12(9-15)18-11/h11-12H,4-10H2,1-3H3. The molecule has 1 amide bonds. The second kappa shape index (κ2) is 4.37. The molecular formula is C15H25NO3. The molecule has 0 N–H and O–H groups in total. The van der Waals surface area contributed by atoms with E-state index in [2.05, 4.69) is 0 Å². The fourth-order valence-electron chi connectivity index (χ4n) is 3.65. The molecule has 3 aliphatic rings. The highest BCUT2D eigenvalue weighted by atomic mass is 16.6. The highest BCUT2D eigenvalue weighted by molar-refractivity contribution is 5.68. The van der Waals surface area contributed by atoms with Crippen molar-refractivity contribution in [3.63, 3.8) is 0 Å². The molecule has 0 bridgehead atoms. The molecule has 3 rings (SSSR count). The summed E-state index contributed by atoms with van der Waals surface area (Å²) in [5.74, 6) is 0. The minimum atomic E-state index is -0.404. The summed E-state index contributed by atoms with van der Waals surface area (Å²) in [5.41, 5.74) is -0.105. The van der Waals surface area contributed by atoms with E-state index in [0.29, 0.717) is 17.6 Å².